The molecule has 1 saturated carbocycles. The van der Waals surface area contributed by atoms with Crippen molar-refractivity contribution >= 4 is 45.9 Å². The third-order valence-corrected chi connectivity index (χ3v) is 18.7. The maximum absolute atomic E-state index is 15.3. The molecule has 3 N–H and O–H groups in total. The van der Waals surface area contributed by atoms with Gasteiger partial charge in [0.05, 0.1) is 81.0 Å². The van der Waals surface area contributed by atoms with Crippen molar-refractivity contribution in [3.05, 3.63) is 53.4 Å². The Morgan fingerprint density at radius 3 is 2.56 bits per heavy atom. The minimum Gasteiger partial charge on any atom is -0.464 e. The lowest BCUT2D eigenvalue weighted by Crippen LogP contribution is -2.73. The summed E-state index contributed by atoms with van der Waals surface area (Å²) in [6.07, 6.45) is 2.88. The predicted molar refractivity (Wildman–Crippen MR) is 301 cm³/mol. The predicted octanol–water partition coefficient (Wildman–Crippen LogP) is 4.38. The molecular weight excluding hydrogens is 1060 g/mol. The minimum atomic E-state index is -4.60. The van der Waals surface area contributed by atoms with Crippen LogP contribution in [0.1, 0.15) is 89.6 Å². The lowest BCUT2D eigenvalue weighted by atomic mass is 9.84. The van der Waals surface area contributed by atoms with Crippen LogP contribution in [-0.2, 0) is 51.1 Å². The van der Waals surface area contributed by atoms with Gasteiger partial charge in [-0.25, -0.2) is 5.43 Å². The number of cyclic esters (lactones) is 1. The van der Waals surface area contributed by atoms with E-state index in [4.69, 9.17) is 23.9 Å². The van der Waals surface area contributed by atoms with E-state index in [0.29, 0.717) is 137 Å². The molecule has 8 atom stereocenters. The van der Waals surface area contributed by atoms with Gasteiger partial charge in [-0.2, -0.15) is 13.2 Å². The van der Waals surface area contributed by atoms with Gasteiger partial charge in [-0.15, -0.1) is 0 Å². The monoisotopic (exact) mass is 1140 g/mol. The van der Waals surface area contributed by atoms with Gasteiger partial charge >= 0.3 is 12.1 Å². The van der Waals surface area contributed by atoms with Gasteiger partial charge in [-0.1, -0.05) is 39.8 Å². The van der Waals surface area contributed by atoms with Crippen molar-refractivity contribution in [2.45, 2.75) is 134 Å². The van der Waals surface area contributed by atoms with Crippen molar-refractivity contribution in [2.75, 3.05) is 117 Å². The van der Waals surface area contributed by atoms with Crippen molar-refractivity contribution in [1.82, 2.24) is 50.2 Å². The van der Waals surface area contributed by atoms with E-state index in [0.717, 1.165) is 29.9 Å². The summed E-state index contributed by atoms with van der Waals surface area (Å²) in [5.74, 6) is -0.639. The minimum absolute atomic E-state index is 0.0679. The van der Waals surface area contributed by atoms with Crippen LogP contribution < -0.4 is 21.0 Å². The third kappa shape index (κ3) is 11.8. The number of methoxy groups -OCH3 is 1. The number of alkyl halides is 3. The van der Waals surface area contributed by atoms with E-state index in [1.54, 1.807) is 19.4 Å². The molecule has 1 aliphatic carbocycles. The highest BCUT2D eigenvalue weighted by Gasteiger charge is 2.57. The number of pyridine rings is 1. The summed E-state index contributed by atoms with van der Waals surface area (Å²) in [5, 5.41) is 8.71. The molecule has 7 fully saturated rings. The first-order valence-corrected chi connectivity index (χ1v) is 30.0. The summed E-state index contributed by atoms with van der Waals surface area (Å²) < 4.78 is 71.5. The summed E-state index contributed by atoms with van der Waals surface area (Å²) in [5.41, 5.74) is 6.87. The lowest BCUT2D eigenvalue weighted by Gasteiger charge is -2.55. The number of morpholine rings is 2. The number of carbonyl (C=O) groups excluding carboxylic acids is 4. The normalized spacial score (nSPS) is 28.9. The Morgan fingerprint density at radius 1 is 0.976 bits per heavy atom. The number of amides is 3. The summed E-state index contributed by atoms with van der Waals surface area (Å²) in [6, 6.07) is 5.48. The Morgan fingerprint density at radius 2 is 1.79 bits per heavy atom. The van der Waals surface area contributed by atoms with Gasteiger partial charge in [0.1, 0.15) is 30.3 Å². The first-order valence-electron chi connectivity index (χ1n) is 30.0. The highest BCUT2D eigenvalue weighted by Crippen LogP contribution is 2.45. The second kappa shape index (κ2) is 22.7. The fourth-order valence-corrected chi connectivity index (χ4v) is 14.2. The van der Waals surface area contributed by atoms with Crippen molar-refractivity contribution in [3.63, 3.8) is 0 Å². The van der Waals surface area contributed by atoms with Crippen LogP contribution >= 0.6 is 0 Å². The number of ether oxygens (including phenoxy) is 4. The van der Waals surface area contributed by atoms with Crippen molar-refractivity contribution in [3.8, 4) is 11.3 Å². The molecule has 19 nitrogen and oxygen atoms in total. The first-order chi connectivity index (χ1) is 39.2. The van der Waals surface area contributed by atoms with Crippen LogP contribution in [0.2, 0.25) is 0 Å². The molecule has 1 spiro atoms. The Labute approximate surface area is 478 Å². The van der Waals surface area contributed by atoms with Crippen LogP contribution in [0, 0.1) is 17.3 Å². The average molecular weight is 1140 g/mol. The molecule has 10 heterocycles. The second-order valence-corrected chi connectivity index (χ2v) is 25.9. The number of carbonyl (C=O) groups is 4. The molecule has 0 radical (unpaired) electrons. The third-order valence-electron chi connectivity index (χ3n) is 18.7. The van der Waals surface area contributed by atoms with Gasteiger partial charge in [0.2, 0.25) is 11.8 Å². The zero-order valence-corrected chi connectivity index (χ0v) is 48.4. The summed E-state index contributed by atoms with van der Waals surface area (Å²) in [6.45, 7) is 16.5. The molecule has 82 heavy (non-hydrogen) atoms. The van der Waals surface area contributed by atoms with Crippen LogP contribution in [0.15, 0.2) is 36.5 Å². The van der Waals surface area contributed by atoms with Gasteiger partial charge in [0.25, 0.3) is 5.91 Å². The highest BCUT2D eigenvalue weighted by molar-refractivity contribution is 5.95. The number of hydrogen-bond donors (Lipinski definition) is 3. The standard InChI is InChI=1S/C60H82F3N11O8/c1-36(2)52(71-20-22-82-59(31-71)32-72(33-59)56(77)51-50(66-51)38-11-12-38)54(75)65-47-29-68-15-7-9-40(27-68)39-13-14-48-43(23-39)45(25-58(4,5)35-81-57(78)46-10-8-16-74(67-46)55(47)76)53(73(48)34-60(61,62)63)44-24-41(26-64-49(44)37(3)79-6)70-18-17-69-19-21-80-30-42(69)28-70/h9,13-14,23-24,26,36-38,42,46-47,50-52,66-67H,7-8,10-12,15-22,25,27-35H2,1-6H3,(H,65,75)/t37-,42-,46-,47-,50+,51+,52-/m0/s1. The van der Waals surface area contributed by atoms with Crippen LogP contribution in [0.25, 0.3) is 27.7 Å². The van der Waals surface area contributed by atoms with Crippen LogP contribution in [0.4, 0.5) is 18.9 Å². The van der Waals surface area contributed by atoms with E-state index in [2.05, 4.69) is 41.7 Å². The summed E-state index contributed by atoms with van der Waals surface area (Å²) in [7, 11) is 1.57. The van der Waals surface area contributed by atoms with Crippen LogP contribution in [0.3, 0.4) is 0 Å². The highest BCUT2D eigenvalue weighted by atomic mass is 19.4. The van der Waals surface area contributed by atoms with Crippen molar-refractivity contribution < 1.29 is 51.3 Å². The van der Waals surface area contributed by atoms with Gasteiger partial charge in [-0.3, -0.25) is 49.2 Å². The zero-order valence-electron chi connectivity index (χ0n) is 48.4. The molecule has 3 amide bonds. The van der Waals surface area contributed by atoms with Crippen LogP contribution in [-0.4, -0.2) is 218 Å². The number of anilines is 1. The number of aromatic nitrogens is 2. The number of hydrogen-bond acceptors (Lipinski definition) is 15. The Kier molecular flexibility index (Phi) is 15.8. The lowest BCUT2D eigenvalue weighted by molar-refractivity contribution is -0.197. The summed E-state index contributed by atoms with van der Waals surface area (Å²) >= 11 is 0. The molecule has 12 rings (SSSR count). The molecule has 8 aliphatic heterocycles. The zero-order chi connectivity index (χ0) is 57.4. The van der Waals surface area contributed by atoms with Crippen LogP contribution in [0.5, 0.6) is 0 Å². The number of hydrazine groups is 1. The van der Waals surface area contributed by atoms with E-state index in [1.165, 1.54) is 22.4 Å². The number of benzene rings is 1. The molecule has 22 heteroatoms. The Hall–Kier alpha value is -5.20. The second-order valence-electron chi connectivity index (χ2n) is 25.9. The summed E-state index contributed by atoms with van der Waals surface area (Å²) in [4.78, 5) is 73.5. The number of esters is 1. The van der Waals surface area contributed by atoms with Crippen molar-refractivity contribution in [1.29, 1.82) is 0 Å². The Balaban J connectivity index is 0.874. The van der Waals surface area contributed by atoms with Gasteiger partial charge in [-0.05, 0) is 92.2 Å². The number of halogens is 3. The maximum Gasteiger partial charge on any atom is 0.406 e. The van der Waals surface area contributed by atoms with E-state index in [1.807, 2.05) is 57.7 Å². The quantitative estimate of drug-likeness (QED) is 0.181. The molecule has 446 valence electrons. The molecular formula is C60H82F3N11O8. The average Bonchev–Trinajstić information content (AvgIpc) is 4.58. The number of fused-ring (bicyclic) bond motifs is 7. The Bertz CT molecular complexity index is 2960. The first kappa shape index (κ1) is 57.2. The maximum atomic E-state index is 15.3. The largest absolute Gasteiger partial charge is 0.464 e. The van der Waals surface area contributed by atoms with E-state index < -0.39 is 53.9 Å². The van der Waals surface area contributed by atoms with Gasteiger partial charge < -0.3 is 38.6 Å². The number of nitrogens with zero attached hydrogens (tertiary/aromatic N) is 8. The fraction of sp³-hybridized carbons (Fsp3) is 0.683. The molecule has 1 unspecified atom stereocenters. The molecule has 6 saturated heterocycles. The molecule has 9 aliphatic rings. The van der Waals surface area contributed by atoms with Gasteiger partial charge in [0.15, 0.2) is 0 Å². The van der Waals surface area contributed by atoms with E-state index in [-0.39, 0.29) is 61.3 Å². The van der Waals surface area contributed by atoms with E-state index in [9.17, 15) is 14.4 Å². The number of piperazine rings is 1. The van der Waals surface area contributed by atoms with Crippen molar-refractivity contribution in [2.24, 2.45) is 17.3 Å². The number of likely N-dealkylation sites (tertiary alicyclic amines) is 1. The smallest absolute Gasteiger partial charge is 0.406 e. The van der Waals surface area contributed by atoms with E-state index >= 15 is 18.0 Å². The fourth-order valence-electron chi connectivity index (χ4n) is 14.2. The molecule has 6 bridgehead atoms. The van der Waals surface area contributed by atoms with Gasteiger partial charge in [0, 0.05) is 100 Å². The molecule has 2 aromatic heterocycles. The topological polar surface area (TPSA) is 188 Å². The number of nitrogens with one attached hydrogen (secondary N) is 3. The molecule has 1 aromatic carbocycles. The molecule has 3 aromatic rings. The SMILES string of the molecule is CO[C@@H](C)c1ncc(N2CCN3CCOC[C@@H]3C2)cc1-c1c2c3cc(ccc3n1CC(F)(F)F)C1=CCCN(C1)C[C@H](NC(=O)[C@H](C(C)C)N1CCOC3(CN(C(=O)[C@@H]4N[C@@H]4C4CC4)C3)C1)C(=O)N1CCC[C@H](N1)C(=O)OCC(C)(C)C2. The number of rotatable bonds is 11.